The van der Waals surface area contributed by atoms with Gasteiger partial charge in [0.1, 0.15) is 11.8 Å². The van der Waals surface area contributed by atoms with Gasteiger partial charge in [-0.05, 0) is 24.3 Å². The number of hydrogen-bond donors (Lipinski definition) is 0. The molecule has 1 saturated heterocycles. The van der Waals surface area contributed by atoms with Gasteiger partial charge in [-0.1, -0.05) is 12.1 Å². The molecule has 0 spiro atoms. The maximum Gasteiger partial charge on any atom is 0.274 e. The zero-order valence-electron chi connectivity index (χ0n) is 17.9. The third kappa shape index (κ3) is 4.70. The van der Waals surface area contributed by atoms with E-state index >= 15 is 0 Å². The Bertz CT molecular complexity index is 1180. The van der Waals surface area contributed by atoms with Gasteiger partial charge in [0.15, 0.2) is 11.6 Å². The monoisotopic (exact) mass is 441 g/mol. The van der Waals surface area contributed by atoms with Crippen molar-refractivity contribution in [3.8, 4) is 5.75 Å². The van der Waals surface area contributed by atoms with Crippen LogP contribution in [0, 0.1) is 5.82 Å². The SMILES string of the molecule is Cn1nc(C2CN(C(=O)c3ccc(=O)n(C)n3)CCO2)cc1CCOc1ccccc1F. The van der Waals surface area contributed by atoms with Crippen LogP contribution in [0.3, 0.4) is 0 Å². The number of nitrogens with zero attached hydrogens (tertiary/aromatic N) is 5. The summed E-state index contributed by atoms with van der Waals surface area (Å²) in [5.74, 6) is -0.443. The van der Waals surface area contributed by atoms with Crippen LogP contribution in [-0.4, -0.2) is 56.7 Å². The molecule has 1 atom stereocenters. The van der Waals surface area contributed by atoms with E-state index in [1.165, 1.54) is 25.2 Å². The van der Waals surface area contributed by atoms with Crippen LogP contribution in [0.15, 0.2) is 47.3 Å². The van der Waals surface area contributed by atoms with E-state index in [2.05, 4.69) is 10.2 Å². The van der Waals surface area contributed by atoms with Crippen molar-refractivity contribution >= 4 is 5.91 Å². The van der Waals surface area contributed by atoms with Crippen molar-refractivity contribution < 1.29 is 18.7 Å². The van der Waals surface area contributed by atoms with E-state index in [4.69, 9.17) is 9.47 Å². The molecule has 168 valence electrons. The predicted octanol–water partition coefficient (Wildman–Crippen LogP) is 1.49. The summed E-state index contributed by atoms with van der Waals surface area (Å²) >= 11 is 0. The van der Waals surface area contributed by atoms with Crippen LogP contribution >= 0.6 is 0 Å². The number of hydrogen-bond acceptors (Lipinski definition) is 6. The van der Waals surface area contributed by atoms with Crippen molar-refractivity contribution in [2.24, 2.45) is 14.1 Å². The van der Waals surface area contributed by atoms with Gasteiger partial charge in [0.05, 0.1) is 25.5 Å². The summed E-state index contributed by atoms with van der Waals surface area (Å²) in [5, 5.41) is 8.57. The van der Waals surface area contributed by atoms with Crippen molar-refractivity contribution in [1.29, 1.82) is 0 Å². The average molecular weight is 441 g/mol. The minimum atomic E-state index is -0.397. The highest BCUT2D eigenvalue weighted by Gasteiger charge is 2.29. The lowest BCUT2D eigenvalue weighted by Crippen LogP contribution is -2.43. The van der Waals surface area contributed by atoms with Crippen molar-refractivity contribution in [1.82, 2.24) is 24.5 Å². The van der Waals surface area contributed by atoms with Crippen molar-refractivity contribution in [2.75, 3.05) is 26.3 Å². The topological polar surface area (TPSA) is 91.5 Å². The first-order chi connectivity index (χ1) is 15.4. The maximum absolute atomic E-state index is 13.7. The van der Waals surface area contributed by atoms with Crippen LogP contribution in [0.1, 0.15) is 28.0 Å². The van der Waals surface area contributed by atoms with Gasteiger partial charge in [-0.25, -0.2) is 9.07 Å². The molecule has 0 N–H and O–H groups in total. The van der Waals surface area contributed by atoms with Crippen molar-refractivity contribution in [3.63, 3.8) is 0 Å². The Labute approximate surface area is 184 Å². The number of ether oxygens (including phenoxy) is 2. The standard InChI is InChI=1S/C22H24FN5O4/c1-26-15(9-11-31-19-6-4-3-5-16(19)23)13-18(25-26)20-14-28(10-12-32-20)22(30)17-7-8-21(29)27(2)24-17/h3-8,13,20H,9-12,14H2,1-2H3. The Morgan fingerprint density at radius 3 is 2.78 bits per heavy atom. The molecular formula is C22H24FN5O4. The van der Waals surface area contributed by atoms with Crippen molar-refractivity contribution in [3.05, 3.63) is 75.7 Å². The van der Waals surface area contributed by atoms with Gasteiger partial charge in [0.25, 0.3) is 11.5 Å². The van der Waals surface area contributed by atoms with Gasteiger partial charge < -0.3 is 14.4 Å². The molecule has 0 aliphatic carbocycles. The van der Waals surface area contributed by atoms with E-state index in [1.807, 2.05) is 13.1 Å². The summed E-state index contributed by atoms with van der Waals surface area (Å²) in [4.78, 5) is 26.0. The number of para-hydroxylation sites is 1. The third-order valence-corrected chi connectivity index (χ3v) is 5.31. The molecule has 4 rings (SSSR count). The van der Waals surface area contributed by atoms with E-state index in [0.29, 0.717) is 38.4 Å². The molecule has 1 unspecified atom stereocenters. The molecular weight excluding hydrogens is 417 g/mol. The zero-order chi connectivity index (χ0) is 22.7. The highest BCUT2D eigenvalue weighted by atomic mass is 19.1. The van der Waals surface area contributed by atoms with E-state index in [0.717, 1.165) is 10.4 Å². The summed E-state index contributed by atoms with van der Waals surface area (Å²) in [6, 6.07) is 11.0. The normalized spacial score (nSPS) is 16.2. The van der Waals surface area contributed by atoms with Crippen molar-refractivity contribution in [2.45, 2.75) is 12.5 Å². The number of halogens is 1. The fourth-order valence-corrected chi connectivity index (χ4v) is 3.54. The Morgan fingerprint density at radius 1 is 1.19 bits per heavy atom. The molecule has 0 bridgehead atoms. The second kappa shape index (κ2) is 9.31. The second-order valence-corrected chi connectivity index (χ2v) is 7.50. The molecule has 1 amide bonds. The first-order valence-corrected chi connectivity index (χ1v) is 10.3. The molecule has 1 aliphatic heterocycles. The fourth-order valence-electron chi connectivity index (χ4n) is 3.54. The molecule has 3 heterocycles. The van der Waals surface area contributed by atoms with Crippen LogP contribution in [0.5, 0.6) is 5.75 Å². The van der Waals surface area contributed by atoms with Crippen LogP contribution in [0.25, 0.3) is 0 Å². The van der Waals surface area contributed by atoms with Crippen LogP contribution in [0.2, 0.25) is 0 Å². The average Bonchev–Trinajstić information content (AvgIpc) is 3.17. The van der Waals surface area contributed by atoms with Gasteiger partial charge in [-0.2, -0.15) is 10.2 Å². The number of benzene rings is 1. The molecule has 9 nitrogen and oxygen atoms in total. The Kier molecular flexibility index (Phi) is 6.31. The molecule has 0 radical (unpaired) electrons. The predicted molar refractivity (Wildman–Crippen MR) is 113 cm³/mol. The largest absolute Gasteiger partial charge is 0.490 e. The summed E-state index contributed by atoms with van der Waals surface area (Å²) in [5.41, 5.74) is 1.54. The number of morpholine rings is 1. The quantitative estimate of drug-likeness (QED) is 0.576. The summed E-state index contributed by atoms with van der Waals surface area (Å²) in [6.45, 7) is 1.42. The lowest BCUT2D eigenvalue weighted by Gasteiger charge is -2.31. The van der Waals surface area contributed by atoms with Gasteiger partial charge >= 0.3 is 0 Å². The number of amides is 1. The van der Waals surface area contributed by atoms with Gasteiger partial charge in [-0.3, -0.25) is 14.3 Å². The number of rotatable bonds is 6. The second-order valence-electron chi connectivity index (χ2n) is 7.50. The first kappa shape index (κ1) is 21.7. The summed E-state index contributed by atoms with van der Waals surface area (Å²) in [6.07, 6.45) is 0.155. The maximum atomic E-state index is 13.7. The lowest BCUT2D eigenvalue weighted by molar-refractivity contribution is -0.0251. The number of carbonyl (C=O) groups is 1. The van der Waals surface area contributed by atoms with E-state index in [-0.39, 0.29) is 29.0 Å². The van der Waals surface area contributed by atoms with Crippen LogP contribution in [0.4, 0.5) is 4.39 Å². The Hall–Kier alpha value is -3.53. The van der Waals surface area contributed by atoms with Gasteiger partial charge in [-0.15, -0.1) is 0 Å². The number of aromatic nitrogens is 4. The molecule has 3 aromatic rings. The summed E-state index contributed by atoms with van der Waals surface area (Å²) < 4.78 is 28.0. The Morgan fingerprint density at radius 2 is 2.00 bits per heavy atom. The highest BCUT2D eigenvalue weighted by Crippen LogP contribution is 2.23. The number of aryl methyl sites for hydroxylation is 2. The highest BCUT2D eigenvalue weighted by molar-refractivity contribution is 5.92. The number of carbonyl (C=O) groups excluding carboxylic acids is 1. The van der Waals surface area contributed by atoms with Gasteiger partial charge in [0, 0.05) is 38.8 Å². The molecule has 1 fully saturated rings. The third-order valence-electron chi connectivity index (χ3n) is 5.31. The van der Waals surface area contributed by atoms with E-state index in [9.17, 15) is 14.0 Å². The fraction of sp³-hybridized carbons (Fsp3) is 0.364. The smallest absolute Gasteiger partial charge is 0.274 e. The minimum absolute atomic E-state index is 0.208. The summed E-state index contributed by atoms with van der Waals surface area (Å²) in [7, 11) is 3.33. The minimum Gasteiger partial charge on any atom is -0.490 e. The zero-order valence-corrected chi connectivity index (χ0v) is 17.9. The van der Waals surface area contributed by atoms with Gasteiger partial charge in [0.2, 0.25) is 0 Å². The molecule has 1 aromatic carbocycles. The molecule has 10 heteroatoms. The van der Waals surface area contributed by atoms with E-state index < -0.39 is 5.82 Å². The van der Waals surface area contributed by atoms with Crippen LogP contribution < -0.4 is 10.3 Å². The first-order valence-electron chi connectivity index (χ1n) is 10.3. The molecule has 2 aromatic heterocycles. The molecule has 1 aliphatic rings. The Balaban J connectivity index is 1.40. The van der Waals surface area contributed by atoms with Crippen LogP contribution in [-0.2, 0) is 25.3 Å². The molecule has 32 heavy (non-hydrogen) atoms. The molecule has 0 saturated carbocycles. The van der Waals surface area contributed by atoms with E-state index in [1.54, 1.807) is 27.8 Å². The lowest BCUT2D eigenvalue weighted by atomic mass is 10.1.